The number of halogens is 1. The van der Waals surface area contributed by atoms with Gasteiger partial charge in [0.15, 0.2) is 0 Å². The van der Waals surface area contributed by atoms with E-state index >= 15 is 0 Å². The molecule has 0 unspecified atom stereocenters. The third kappa shape index (κ3) is 4.19. The summed E-state index contributed by atoms with van der Waals surface area (Å²) in [6.45, 7) is 4.57. The minimum absolute atomic E-state index is 0.129. The minimum atomic E-state index is -0.129. The van der Waals surface area contributed by atoms with Gasteiger partial charge >= 0.3 is 0 Å². The molecule has 0 aliphatic carbocycles. The molecule has 6 nitrogen and oxygen atoms in total. The van der Waals surface area contributed by atoms with Gasteiger partial charge in [0.25, 0.3) is 0 Å². The van der Waals surface area contributed by atoms with Crippen LogP contribution >= 0.6 is 15.9 Å². The van der Waals surface area contributed by atoms with Crippen LogP contribution in [0.4, 0.5) is 0 Å². The summed E-state index contributed by atoms with van der Waals surface area (Å²) in [5.41, 5.74) is 4.33. The Balaban J connectivity index is 1.85. The number of allylic oxidation sites excluding steroid dienone is 1. The van der Waals surface area contributed by atoms with Crippen molar-refractivity contribution in [2.45, 2.75) is 20.4 Å². The van der Waals surface area contributed by atoms with Crippen LogP contribution in [-0.2, 0) is 13.6 Å². The van der Waals surface area contributed by atoms with Crippen LogP contribution in [0.2, 0.25) is 0 Å². The van der Waals surface area contributed by atoms with Crippen molar-refractivity contribution >= 4 is 27.8 Å². The van der Waals surface area contributed by atoms with Crippen molar-refractivity contribution in [3.8, 4) is 5.75 Å². The molecule has 27 heavy (non-hydrogen) atoms. The van der Waals surface area contributed by atoms with Crippen molar-refractivity contribution in [2.24, 2.45) is 7.05 Å². The fraction of sp³-hybridized carbons (Fsp3) is 0.250. The number of aromatic nitrogens is 4. The second-order valence-electron chi connectivity index (χ2n) is 6.29. The van der Waals surface area contributed by atoms with Gasteiger partial charge in [-0.3, -0.25) is 14.2 Å². The summed E-state index contributed by atoms with van der Waals surface area (Å²) in [4.78, 5) is 12.2. The summed E-state index contributed by atoms with van der Waals surface area (Å²) in [6, 6.07) is 7.53. The fourth-order valence-electron chi connectivity index (χ4n) is 2.82. The van der Waals surface area contributed by atoms with Gasteiger partial charge in [-0.15, -0.1) is 0 Å². The highest BCUT2D eigenvalue weighted by Crippen LogP contribution is 2.25. The summed E-state index contributed by atoms with van der Waals surface area (Å²) in [5, 5.41) is 8.68. The summed E-state index contributed by atoms with van der Waals surface area (Å²) >= 11 is 3.56. The highest BCUT2D eigenvalue weighted by Gasteiger charge is 2.12. The molecular formula is C20H21BrN4O2. The predicted octanol–water partition coefficient (Wildman–Crippen LogP) is 3.95. The summed E-state index contributed by atoms with van der Waals surface area (Å²) < 4.78 is 10.0. The average molecular weight is 429 g/mol. The number of nitrogens with zero attached hydrogens (tertiary/aromatic N) is 4. The van der Waals surface area contributed by atoms with Crippen LogP contribution < -0.4 is 4.74 Å². The van der Waals surface area contributed by atoms with E-state index < -0.39 is 0 Å². The lowest BCUT2D eigenvalue weighted by Gasteiger charge is -2.11. The van der Waals surface area contributed by atoms with Crippen LogP contribution in [0, 0.1) is 13.8 Å². The van der Waals surface area contributed by atoms with E-state index in [2.05, 4.69) is 26.1 Å². The average Bonchev–Trinajstić information content (AvgIpc) is 3.19. The molecule has 0 aliphatic heterocycles. The fourth-order valence-corrected chi connectivity index (χ4v) is 3.10. The van der Waals surface area contributed by atoms with Crippen LogP contribution in [0.25, 0.3) is 6.08 Å². The molecule has 0 fully saturated rings. The SMILES string of the molecule is COc1ccc(/C=C/C(=O)c2ccn(C)n2)cc1Cn1nc(C)c(Br)c1C. The molecule has 0 radical (unpaired) electrons. The Kier molecular flexibility index (Phi) is 5.60. The highest BCUT2D eigenvalue weighted by atomic mass is 79.9. The van der Waals surface area contributed by atoms with E-state index in [1.54, 1.807) is 37.2 Å². The number of aryl methyl sites for hydroxylation is 2. The largest absolute Gasteiger partial charge is 0.496 e. The molecule has 0 spiro atoms. The van der Waals surface area contributed by atoms with Gasteiger partial charge in [0.2, 0.25) is 5.78 Å². The van der Waals surface area contributed by atoms with E-state index in [4.69, 9.17) is 4.74 Å². The Bertz CT molecular complexity index is 1020. The second-order valence-corrected chi connectivity index (χ2v) is 7.08. The molecule has 7 heteroatoms. The number of ketones is 1. The first-order valence-corrected chi connectivity index (χ1v) is 9.27. The highest BCUT2D eigenvalue weighted by molar-refractivity contribution is 9.10. The number of hydrogen-bond donors (Lipinski definition) is 0. The maximum absolute atomic E-state index is 12.2. The van der Waals surface area contributed by atoms with E-state index in [1.807, 2.05) is 36.7 Å². The monoisotopic (exact) mass is 428 g/mol. The Morgan fingerprint density at radius 3 is 2.63 bits per heavy atom. The number of hydrogen-bond acceptors (Lipinski definition) is 4. The van der Waals surface area contributed by atoms with E-state index in [1.165, 1.54) is 6.08 Å². The van der Waals surface area contributed by atoms with E-state index in [-0.39, 0.29) is 5.78 Å². The molecule has 2 aromatic heterocycles. The van der Waals surface area contributed by atoms with Gasteiger partial charge in [-0.2, -0.15) is 10.2 Å². The van der Waals surface area contributed by atoms with Crippen LogP contribution in [0.5, 0.6) is 5.75 Å². The van der Waals surface area contributed by atoms with Gasteiger partial charge in [0, 0.05) is 18.8 Å². The smallest absolute Gasteiger partial charge is 0.206 e. The van der Waals surface area contributed by atoms with Crippen LogP contribution in [0.1, 0.15) is 33.0 Å². The zero-order valence-corrected chi connectivity index (χ0v) is 17.3. The van der Waals surface area contributed by atoms with Gasteiger partial charge in [0.1, 0.15) is 11.4 Å². The zero-order chi connectivity index (χ0) is 19.6. The minimum Gasteiger partial charge on any atom is -0.496 e. The van der Waals surface area contributed by atoms with Gasteiger partial charge in [-0.1, -0.05) is 12.1 Å². The Labute approximate surface area is 166 Å². The molecule has 0 saturated heterocycles. The van der Waals surface area contributed by atoms with Crippen LogP contribution in [0.15, 0.2) is 41.0 Å². The maximum atomic E-state index is 12.2. The van der Waals surface area contributed by atoms with Gasteiger partial charge in [-0.05, 0) is 59.6 Å². The molecule has 0 amide bonds. The lowest BCUT2D eigenvalue weighted by molar-refractivity contribution is 0.104. The quantitative estimate of drug-likeness (QED) is 0.440. The Morgan fingerprint density at radius 1 is 1.26 bits per heavy atom. The molecule has 1 aromatic carbocycles. The van der Waals surface area contributed by atoms with Crippen molar-refractivity contribution in [3.63, 3.8) is 0 Å². The number of methoxy groups -OCH3 is 1. The van der Waals surface area contributed by atoms with Crippen molar-refractivity contribution in [1.29, 1.82) is 0 Å². The molecule has 140 valence electrons. The first-order valence-electron chi connectivity index (χ1n) is 8.47. The maximum Gasteiger partial charge on any atom is 0.206 e. The van der Waals surface area contributed by atoms with E-state index in [9.17, 15) is 4.79 Å². The summed E-state index contributed by atoms with van der Waals surface area (Å²) in [5.74, 6) is 0.655. The van der Waals surface area contributed by atoms with Crippen molar-refractivity contribution in [3.05, 3.63) is 69.2 Å². The second kappa shape index (κ2) is 7.92. The van der Waals surface area contributed by atoms with E-state index in [0.29, 0.717) is 12.2 Å². The number of ether oxygens (including phenoxy) is 1. The van der Waals surface area contributed by atoms with Crippen LogP contribution in [-0.4, -0.2) is 32.5 Å². The standard InChI is InChI=1S/C20H21BrN4O2/c1-13-20(21)14(2)25(22-13)12-16-11-15(6-8-19(16)27-4)5-7-18(26)17-9-10-24(3)23-17/h5-11H,12H2,1-4H3/b7-5+. The van der Waals surface area contributed by atoms with Gasteiger partial charge < -0.3 is 4.74 Å². The van der Waals surface area contributed by atoms with Crippen molar-refractivity contribution in [1.82, 2.24) is 19.6 Å². The topological polar surface area (TPSA) is 61.9 Å². The summed E-state index contributed by atoms with van der Waals surface area (Å²) in [7, 11) is 3.43. The summed E-state index contributed by atoms with van der Waals surface area (Å²) in [6.07, 6.45) is 5.07. The molecule has 0 saturated carbocycles. The number of benzene rings is 1. The molecule has 0 N–H and O–H groups in total. The van der Waals surface area contributed by atoms with Crippen molar-refractivity contribution < 1.29 is 9.53 Å². The number of carbonyl (C=O) groups is 1. The Hall–Kier alpha value is -2.67. The van der Waals surface area contributed by atoms with E-state index in [0.717, 1.165) is 32.7 Å². The third-order valence-electron chi connectivity index (χ3n) is 4.31. The third-order valence-corrected chi connectivity index (χ3v) is 5.46. The van der Waals surface area contributed by atoms with Gasteiger partial charge in [0.05, 0.1) is 29.5 Å². The zero-order valence-electron chi connectivity index (χ0n) is 15.7. The molecule has 2 heterocycles. The lowest BCUT2D eigenvalue weighted by Crippen LogP contribution is -2.06. The molecule has 0 bridgehead atoms. The number of carbonyl (C=O) groups excluding carboxylic acids is 1. The predicted molar refractivity (Wildman–Crippen MR) is 108 cm³/mol. The lowest BCUT2D eigenvalue weighted by atomic mass is 10.1. The molecule has 0 aliphatic rings. The van der Waals surface area contributed by atoms with Gasteiger partial charge in [-0.25, -0.2) is 0 Å². The van der Waals surface area contributed by atoms with Crippen molar-refractivity contribution in [2.75, 3.05) is 7.11 Å². The molecule has 3 aromatic rings. The first kappa shape index (κ1) is 19.1. The first-order chi connectivity index (χ1) is 12.9. The molecular weight excluding hydrogens is 408 g/mol. The molecule has 0 atom stereocenters. The Morgan fingerprint density at radius 2 is 2.04 bits per heavy atom. The normalized spacial score (nSPS) is 11.3. The molecule has 3 rings (SSSR count). The number of rotatable bonds is 6. The van der Waals surface area contributed by atoms with Crippen LogP contribution in [0.3, 0.4) is 0 Å².